The van der Waals surface area contributed by atoms with Gasteiger partial charge in [0.1, 0.15) is 6.54 Å². The van der Waals surface area contributed by atoms with Crippen LogP contribution in [0.4, 0.5) is 0 Å². The van der Waals surface area contributed by atoms with Crippen molar-refractivity contribution in [2.24, 2.45) is 5.73 Å². The maximum Gasteiger partial charge on any atom is 0.323 e. The molecule has 0 atom stereocenters. The van der Waals surface area contributed by atoms with Gasteiger partial charge in [-0.15, -0.1) is 0 Å². The van der Waals surface area contributed by atoms with Crippen molar-refractivity contribution in [2.75, 3.05) is 6.54 Å². The van der Waals surface area contributed by atoms with E-state index in [2.05, 4.69) is 0 Å². The zero-order chi connectivity index (χ0) is 10.6. The van der Waals surface area contributed by atoms with E-state index in [0.717, 1.165) is 25.7 Å². The predicted octanol–water partition coefficient (Wildman–Crippen LogP) is 0.599. The highest BCUT2D eigenvalue weighted by Gasteiger charge is 2.23. The number of nitrogens with zero attached hydrogens (tertiary/aromatic N) is 1. The highest BCUT2D eigenvalue weighted by molar-refractivity contribution is 5.80. The molecule has 0 aromatic heterocycles. The number of aliphatic carboxylic acids is 1. The number of nitrogens with two attached hydrogens (primary N) is 1. The van der Waals surface area contributed by atoms with E-state index in [4.69, 9.17) is 16.2 Å². The second-order valence-electron chi connectivity index (χ2n) is 3.70. The lowest BCUT2D eigenvalue weighted by atomic mass is 9.94. The summed E-state index contributed by atoms with van der Waals surface area (Å²) in [5.41, 5.74) is 5.36. The van der Waals surface area contributed by atoms with Gasteiger partial charge in [0, 0.05) is 6.04 Å². The Kier molecular flexibility index (Phi) is 3.73. The van der Waals surface area contributed by atoms with Crippen LogP contribution in [0.15, 0.2) is 0 Å². The van der Waals surface area contributed by atoms with Gasteiger partial charge in [0.25, 0.3) is 0 Å². The molecule has 0 aromatic rings. The number of nitrogens with one attached hydrogen (secondary N) is 1. The summed E-state index contributed by atoms with van der Waals surface area (Å²) in [6.07, 6.45) is 5.32. The van der Waals surface area contributed by atoms with Crippen LogP contribution in [0.3, 0.4) is 0 Å². The lowest BCUT2D eigenvalue weighted by Crippen LogP contribution is -2.47. The highest BCUT2D eigenvalue weighted by Crippen LogP contribution is 2.21. The van der Waals surface area contributed by atoms with Crippen LogP contribution >= 0.6 is 0 Å². The molecule has 0 aliphatic heterocycles. The molecule has 1 rings (SSSR count). The molecular formula is C9H17N3O2. The molecule has 0 aromatic carbocycles. The molecule has 0 unspecified atom stereocenters. The Labute approximate surface area is 83.4 Å². The number of guanidine groups is 1. The monoisotopic (exact) mass is 199 g/mol. The van der Waals surface area contributed by atoms with Crippen LogP contribution < -0.4 is 5.73 Å². The van der Waals surface area contributed by atoms with E-state index in [0.29, 0.717) is 0 Å². The van der Waals surface area contributed by atoms with E-state index in [9.17, 15) is 4.79 Å². The van der Waals surface area contributed by atoms with Crippen molar-refractivity contribution >= 4 is 11.9 Å². The summed E-state index contributed by atoms with van der Waals surface area (Å²) in [7, 11) is 0. The SMILES string of the molecule is N=C(N)N(CC(=O)O)C1CCCCC1. The molecule has 0 radical (unpaired) electrons. The fourth-order valence-corrected chi connectivity index (χ4v) is 1.95. The lowest BCUT2D eigenvalue weighted by Gasteiger charge is -2.33. The van der Waals surface area contributed by atoms with E-state index in [1.54, 1.807) is 0 Å². The molecule has 1 aliphatic carbocycles. The van der Waals surface area contributed by atoms with Crippen LogP contribution in [-0.4, -0.2) is 34.5 Å². The van der Waals surface area contributed by atoms with Gasteiger partial charge in [-0.25, -0.2) is 0 Å². The van der Waals surface area contributed by atoms with E-state index < -0.39 is 5.97 Å². The van der Waals surface area contributed by atoms with Crippen LogP contribution in [0.5, 0.6) is 0 Å². The van der Waals surface area contributed by atoms with Gasteiger partial charge < -0.3 is 15.7 Å². The Morgan fingerprint density at radius 3 is 2.43 bits per heavy atom. The van der Waals surface area contributed by atoms with Crippen molar-refractivity contribution in [3.05, 3.63) is 0 Å². The number of carboxylic acids is 1. The molecule has 0 saturated heterocycles. The third-order valence-corrected chi connectivity index (χ3v) is 2.63. The zero-order valence-electron chi connectivity index (χ0n) is 8.20. The Hall–Kier alpha value is -1.26. The minimum atomic E-state index is -0.925. The lowest BCUT2D eigenvalue weighted by molar-refractivity contribution is -0.137. The van der Waals surface area contributed by atoms with Crippen molar-refractivity contribution in [2.45, 2.75) is 38.1 Å². The molecule has 0 bridgehead atoms. The van der Waals surface area contributed by atoms with Crippen molar-refractivity contribution in [1.29, 1.82) is 5.41 Å². The largest absolute Gasteiger partial charge is 0.480 e. The van der Waals surface area contributed by atoms with Gasteiger partial charge in [-0.2, -0.15) is 0 Å². The van der Waals surface area contributed by atoms with Crippen molar-refractivity contribution in [3.63, 3.8) is 0 Å². The van der Waals surface area contributed by atoms with Gasteiger partial charge in [-0.05, 0) is 12.8 Å². The third-order valence-electron chi connectivity index (χ3n) is 2.63. The maximum atomic E-state index is 10.6. The van der Waals surface area contributed by atoms with Crippen molar-refractivity contribution in [3.8, 4) is 0 Å². The van der Waals surface area contributed by atoms with Gasteiger partial charge in [0.2, 0.25) is 0 Å². The molecule has 0 spiro atoms. The first-order valence-electron chi connectivity index (χ1n) is 4.93. The predicted molar refractivity (Wildman–Crippen MR) is 53.1 cm³/mol. The van der Waals surface area contributed by atoms with Crippen molar-refractivity contribution < 1.29 is 9.90 Å². The van der Waals surface area contributed by atoms with Gasteiger partial charge in [0.05, 0.1) is 0 Å². The fourth-order valence-electron chi connectivity index (χ4n) is 1.95. The standard InChI is InChI=1S/C9H17N3O2/c10-9(11)12(6-8(13)14)7-4-2-1-3-5-7/h7H,1-6H2,(H3,10,11)(H,13,14). The maximum absolute atomic E-state index is 10.6. The van der Waals surface area contributed by atoms with E-state index >= 15 is 0 Å². The summed E-state index contributed by atoms with van der Waals surface area (Å²) in [5, 5.41) is 16.0. The van der Waals surface area contributed by atoms with E-state index in [1.165, 1.54) is 11.3 Å². The minimum Gasteiger partial charge on any atom is -0.480 e. The second-order valence-corrected chi connectivity index (χ2v) is 3.70. The molecule has 0 heterocycles. The molecule has 1 fully saturated rings. The molecule has 5 heteroatoms. The second kappa shape index (κ2) is 4.83. The zero-order valence-corrected chi connectivity index (χ0v) is 8.20. The average molecular weight is 199 g/mol. The minimum absolute atomic E-state index is 0.126. The Morgan fingerprint density at radius 1 is 1.43 bits per heavy atom. The molecule has 1 aliphatic rings. The summed E-state index contributed by atoms with van der Waals surface area (Å²) < 4.78 is 0. The van der Waals surface area contributed by atoms with Gasteiger partial charge in [-0.1, -0.05) is 19.3 Å². The number of rotatable bonds is 3. The average Bonchev–Trinajstić information content (AvgIpc) is 2.15. The molecular weight excluding hydrogens is 182 g/mol. The summed E-state index contributed by atoms with van der Waals surface area (Å²) in [4.78, 5) is 12.1. The Morgan fingerprint density at radius 2 is 2.00 bits per heavy atom. The quantitative estimate of drug-likeness (QED) is 0.458. The fraction of sp³-hybridized carbons (Fsp3) is 0.778. The summed E-state index contributed by atoms with van der Waals surface area (Å²) in [6, 6.07) is 0.150. The first-order valence-corrected chi connectivity index (χ1v) is 4.93. The summed E-state index contributed by atoms with van der Waals surface area (Å²) >= 11 is 0. The molecule has 5 nitrogen and oxygen atoms in total. The van der Waals surface area contributed by atoms with Crippen LogP contribution in [0.2, 0.25) is 0 Å². The van der Waals surface area contributed by atoms with Gasteiger partial charge in [0.15, 0.2) is 5.96 Å². The Balaban J connectivity index is 2.56. The van der Waals surface area contributed by atoms with Crippen LogP contribution in [0.1, 0.15) is 32.1 Å². The number of carboxylic acid groups (broad SMARTS) is 1. The Bertz CT molecular complexity index is 224. The smallest absolute Gasteiger partial charge is 0.323 e. The molecule has 80 valence electrons. The summed E-state index contributed by atoms with van der Waals surface area (Å²) in [5.74, 6) is -1.05. The number of hydrogen-bond donors (Lipinski definition) is 3. The molecule has 4 N–H and O–H groups in total. The van der Waals surface area contributed by atoms with E-state index in [1.807, 2.05) is 0 Å². The molecule has 1 saturated carbocycles. The van der Waals surface area contributed by atoms with Crippen LogP contribution in [-0.2, 0) is 4.79 Å². The van der Waals surface area contributed by atoms with Crippen LogP contribution in [0.25, 0.3) is 0 Å². The van der Waals surface area contributed by atoms with Gasteiger partial charge >= 0.3 is 5.97 Å². The topological polar surface area (TPSA) is 90.4 Å². The first kappa shape index (κ1) is 10.8. The van der Waals surface area contributed by atoms with E-state index in [-0.39, 0.29) is 18.5 Å². The van der Waals surface area contributed by atoms with Crippen molar-refractivity contribution in [1.82, 2.24) is 4.90 Å². The number of hydrogen-bond acceptors (Lipinski definition) is 2. The number of carbonyl (C=O) groups is 1. The highest BCUT2D eigenvalue weighted by atomic mass is 16.4. The van der Waals surface area contributed by atoms with Gasteiger partial charge in [-0.3, -0.25) is 10.2 Å². The first-order chi connectivity index (χ1) is 6.61. The third kappa shape index (κ3) is 2.90. The summed E-state index contributed by atoms with van der Waals surface area (Å²) in [6.45, 7) is -0.153. The van der Waals surface area contributed by atoms with Crippen LogP contribution in [0, 0.1) is 5.41 Å². The normalized spacial score (nSPS) is 17.7. The molecule has 14 heavy (non-hydrogen) atoms. The molecule has 0 amide bonds.